The van der Waals surface area contributed by atoms with Gasteiger partial charge < -0.3 is 4.74 Å². The molecule has 0 saturated carbocycles. The highest BCUT2D eigenvalue weighted by atomic mass is 127. The van der Waals surface area contributed by atoms with Gasteiger partial charge in [-0.25, -0.2) is 4.79 Å². The summed E-state index contributed by atoms with van der Waals surface area (Å²) >= 11 is 2.18. The quantitative estimate of drug-likeness (QED) is 0.613. The molecule has 0 aliphatic rings. The number of hydrogen-bond donors (Lipinski definition) is 0. The zero-order valence-electron chi connectivity index (χ0n) is 10.1. The number of ether oxygens (including phenoxy) is 1. The maximum absolute atomic E-state index is 11.4. The van der Waals surface area contributed by atoms with Crippen LogP contribution in [0.15, 0.2) is 36.5 Å². The van der Waals surface area contributed by atoms with Crippen molar-refractivity contribution in [1.82, 2.24) is 4.98 Å². The molecule has 0 N–H and O–H groups in total. The number of benzene rings is 1. The van der Waals surface area contributed by atoms with E-state index in [1.54, 1.807) is 12.3 Å². The van der Waals surface area contributed by atoms with Crippen LogP contribution in [0.3, 0.4) is 0 Å². The second kappa shape index (κ2) is 5.48. The summed E-state index contributed by atoms with van der Waals surface area (Å²) in [7, 11) is 1.36. The van der Waals surface area contributed by atoms with E-state index in [1.165, 1.54) is 12.7 Å². The third kappa shape index (κ3) is 2.69. The maximum Gasteiger partial charge on any atom is 0.339 e. The lowest BCUT2D eigenvalue weighted by Gasteiger charge is -2.06. The molecule has 0 radical (unpaired) electrons. The molecule has 1 aromatic carbocycles. The molecule has 0 aliphatic carbocycles. The van der Waals surface area contributed by atoms with E-state index in [0.29, 0.717) is 5.56 Å². The van der Waals surface area contributed by atoms with Gasteiger partial charge in [-0.2, -0.15) is 0 Å². The number of carbonyl (C=O) groups excluding carboxylic acids is 1. The molecule has 92 valence electrons. The second-order valence-electron chi connectivity index (χ2n) is 3.91. The number of halogens is 1. The van der Waals surface area contributed by atoms with Crippen molar-refractivity contribution in [3.8, 4) is 11.3 Å². The maximum atomic E-state index is 11.4. The lowest BCUT2D eigenvalue weighted by Crippen LogP contribution is -2.03. The van der Waals surface area contributed by atoms with E-state index in [9.17, 15) is 4.79 Å². The number of rotatable bonds is 2. The van der Waals surface area contributed by atoms with Gasteiger partial charge in [0.1, 0.15) is 0 Å². The predicted octanol–water partition coefficient (Wildman–Crippen LogP) is 3.45. The van der Waals surface area contributed by atoms with Crippen molar-refractivity contribution in [2.45, 2.75) is 6.92 Å². The van der Waals surface area contributed by atoms with Gasteiger partial charge >= 0.3 is 5.97 Å². The minimum atomic E-state index is -0.365. The molecular weight excluding hydrogens is 341 g/mol. The normalized spacial score (nSPS) is 10.2. The third-order valence-corrected chi connectivity index (χ3v) is 3.41. The molecule has 0 aliphatic heterocycles. The summed E-state index contributed by atoms with van der Waals surface area (Å²) < 4.78 is 5.60. The summed E-state index contributed by atoms with van der Waals surface area (Å²) in [6.07, 6.45) is 1.54. The van der Waals surface area contributed by atoms with Crippen molar-refractivity contribution in [1.29, 1.82) is 0 Å². The Kier molecular flexibility index (Phi) is 3.96. The van der Waals surface area contributed by atoms with E-state index in [4.69, 9.17) is 0 Å². The Morgan fingerprint density at radius 1 is 1.28 bits per heavy atom. The lowest BCUT2D eigenvalue weighted by molar-refractivity contribution is 0.0600. The molecular formula is C14H12INO2. The van der Waals surface area contributed by atoms with Gasteiger partial charge in [-0.15, -0.1) is 0 Å². The van der Waals surface area contributed by atoms with Gasteiger partial charge in [-0.3, -0.25) is 4.98 Å². The van der Waals surface area contributed by atoms with Crippen LogP contribution in [0, 0.1) is 10.5 Å². The molecule has 1 heterocycles. The summed E-state index contributed by atoms with van der Waals surface area (Å²) in [6, 6.07) is 9.92. The van der Waals surface area contributed by atoms with Crippen LogP contribution in [-0.4, -0.2) is 18.1 Å². The minimum absolute atomic E-state index is 0.365. The molecule has 3 nitrogen and oxygen atoms in total. The van der Waals surface area contributed by atoms with Crippen LogP contribution in [0.4, 0.5) is 0 Å². The fourth-order valence-electron chi connectivity index (χ4n) is 1.59. The summed E-state index contributed by atoms with van der Waals surface area (Å²) in [6.45, 7) is 2.04. The number of pyridine rings is 1. The van der Waals surface area contributed by atoms with Crippen molar-refractivity contribution in [2.24, 2.45) is 0 Å². The molecule has 0 fully saturated rings. The molecule has 2 rings (SSSR count). The van der Waals surface area contributed by atoms with E-state index >= 15 is 0 Å². The van der Waals surface area contributed by atoms with E-state index in [0.717, 1.165) is 14.8 Å². The highest BCUT2D eigenvalue weighted by Crippen LogP contribution is 2.24. The van der Waals surface area contributed by atoms with Crippen molar-refractivity contribution in [3.05, 3.63) is 51.2 Å². The molecule has 4 heteroatoms. The smallest absolute Gasteiger partial charge is 0.339 e. The van der Waals surface area contributed by atoms with Gasteiger partial charge in [-0.1, -0.05) is 29.8 Å². The molecule has 0 spiro atoms. The summed E-state index contributed by atoms with van der Waals surface area (Å²) in [5, 5.41) is 0. The molecule has 0 bridgehead atoms. The van der Waals surface area contributed by atoms with Crippen LogP contribution in [0.5, 0.6) is 0 Å². The largest absolute Gasteiger partial charge is 0.465 e. The summed E-state index contributed by atoms with van der Waals surface area (Å²) in [4.78, 5) is 15.7. The van der Waals surface area contributed by atoms with E-state index in [-0.39, 0.29) is 5.97 Å². The molecule has 0 amide bonds. The monoisotopic (exact) mass is 353 g/mol. The minimum Gasteiger partial charge on any atom is -0.465 e. The number of carbonyl (C=O) groups is 1. The van der Waals surface area contributed by atoms with Gasteiger partial charge in [0, 0.05) is 15.3 Å². The first-order chi connectivity index (χ1) is 8.61. The van der Waals surface area contributed by atoms with Gasteiger partial charge in [0.2, 0.25) is 0 Å². The standard InChI is InChI=1S/C14H12INO2/c1-9-3-5-10(6-4-9)13-12(15)7-11(8-16-13)14(17)18-2/h3-8H,1-2H3. The average molecular weight is 353 g/mol. The molecule has 18 heavy (non-hydrogen) atoms. The Labute approximate surface area is 119 Å². The van der Waals surface area contributed by atoms with Crippen LogP contribution in [0.25, 0.3) is 11.3 Å². The van der Waals surface area contributed by atoms with Gasteiger partial charge in [0.25, 0.3) is 0 Å². The number of esters is 1. The van der Waals surface area contributed by atoms with Gasteiger partial charge in [0.15, 0.2) is 0 Å². The molecule has 0 atom stereocenters. The van der Waals surface area contributed by atoms with Gasteiger partial charge in [0.05, 0.1) is 18.4 Å². The molecule has 0 unspecified atom stereocenters. The highest BCUT2D eigenvalue weighted by molar-refractivity contribution is 14.1. The third-order valence-electron chi connectivity index (χ3n) is 2.59. The van der Waals surface area contributed by atoms with Gasteiger partial charge in [-0.05, 0) is 35.6 Å². The van der Waals surface area contributed by atoms with Crippen LogP contribution >= 0.6 is 22.6 Å². The van der Waals surface area contributed by atoms with E-state index in [2.05, 4.69) is 32.3 Å². The first kappa shape index (κ1) is 13.0. The number of hydrogen-bond acceptors (Lipinski definition) is 3. The Hall–Kier alpha value is -1.43. The second-order valence-corrected chi connectivity index (χ2v) is 5.07. The lowest BCUT2D eigenvalue weighted by atomic mass is 10.1. The predicted molar refractivity (Wildman–Crippen MR) is 78.5 cm³/mol. The Morgan fingerprint density at radius 3 is 2.50 bits per heavy atom. The van der Waals surface area contributed by atoms with Crippen molar-refractivity contribution < 1.29 is 9.53 Å². The number of methoxy groups -OCH3 is 1. The van der Waals surface area contributed by atoms with Crippen LogP contribution < -0.4 is 0 Å². The zero-order valence-corrected chi connectivity index (χ0v) is 12.3. The number of aromatic nitrogens is 1. The summed E-state index contributed by atoms with van der Waals surface area (Å²) in [5.41, 5.74) is 3.60. The van der Waals surface area contributed by atoms with Crippen LogP contribution in [0.1, 0.15) is 15.9 Å². The molecule has 0 saturated heterocycles. The van der Waals surface area contributed by atoms with Crippen molar-refractivity contribution >= 4 is 28.6 Å². The first-order valence-corrected chi connectivity index (χ1v) is 6.50. The van der Waals surface area contributed by atoms with Crippen LogP contribution in [-0.2, 0) is 4.74 Å². The number of aryl methyl sites for hydroxylation is 1. The fourth-order valence-corrected chi connectivity index (χ4v) is 2.38. The zero-order chi connectivity index (χ0) is 13.1. The fraction of sp³-hybridized carbons (Fsp3) is 0.143. The molecule has 1 aromatic heterocycles. The van der Waals surface area contributed by atoms with Crippen LogP contribution in [0.2, 0.25) is 0 Å². The molecule has 2 aromatic rings. The van der Waals surface area contributed by atoms with E-state index in [1.807, 2.05) is 31.2 Å². The Bertz CT molecular complexity index is 579. The Balaban J connectivity index is 2.41. The number of nitrogens with zero attached hydrogens (tertiary/aromatic N) is 1. The van der Waals surface area contributed by atoms with E-state index < -0.39 is 0 Å². The van der Waals surface area contributed by atoms with Crippen molar-refractivity contribution in [2.75, 3.05) is 7.11 Å². The highest BCUT2D eigenvalue weighted by Gasteiger charge is 2.10. The first-order valence-electron chi connectivity index (χ1n) is 5.42. The summed E-state index contributed by atoms with van der Waals surface area (Å²) in [5.74, 6) is -0.365. The average Bonchev–Trinajstić information content (AvgIpc) is 2.39. The SMILES string of the molecule is COC(=O)c1cnc(-c2ccc(C)cc2)c(I)c1. The van der Waals surface area contributed by atoms with Crippen molar-refractivity contribution in [3.63, 3.8) is 0 Å². The topological polar surface area (TPSA) is 39.2 Å². The Morgan fingerprint density at radius 2 is 1.94 bits per heavy atom.